The number of rotatable bonds is 1. The minimum Gasteiger partial charge on any atom is -0.405 e. The third-order valence-corrected chi connectivity index (χ3v) is 1.33. The summed E-state index contributed by atoms with van der Waals surface area (Å²) in [5, 5.41) is 0. The molecule has 55 valence electrons. The average Bonchev–Trinajstić information content (AvgIpc) is 1.94. The first kappa shape index (κ1) is 10.7. The van der Waals surface area contributed by atoms with Crippen LogP contribution < -0.4 is 5.73 Å². The zero-order valence-corrected chi connectivity index (χ0v) is 9.16. The molecule has 1 nitrogen and oxygen atoms in total. The van der Waals surface area contributed by atoms with Gasteiger partial charge >= 0.3 is 0 Å². The number of hydrogen-bond acceptors (Lipinski definition) is 1. The van der Waals surface area contributed by atoms with E-state index in [1.807, 2.05) is 30.3 Å². The van der Waals surface area contributed by atoms with Crippen LogP contribution in [0.5, 0.6) is 0 Å². The van der Waals surface area contributed by atoms with Crippen LogP contribution in [-0.4, -0.2) is 0 Å². The van der Waals surface area contributed by atoms with E-state index in [2.05, 4.69) is 6.92 Å². The van der Waals surface area contributed by atoms with Crippen molar-refractivity contribution in [3.8, 4) is 0 Å². The van der Waals surface area contributed by atoms with Gasteiger partial charge in [-0.25, -0.2) is 0 Å². The second-order valence-corrected chi connectivity index (χ2v) is 2.06. The second kappa shape index (κ2) is 5.39. The predicted octanol–water partition coefficient (Wildman–Crippen LogP) is 1.80. The molecule has 2 heteroatoms. The number of nitrogens with two attached hydrogens (primary N) is 1. The van der Waals surface area contributed by atoms with Gasteiger partial charge in [0.1, 0.15) is 0 Å². The van der Waals surface area contributed by atoms with Crippen LogP contribution in [0.15, 0.2) is 30.5 Å². The standard InChI is InChI=1S/C9H10N.Y/c1-8-4-2-3-5-9(8)6-7-10;/h2-7H,1,10H2;/q-1;/b7-6+;. The van der Waals surface area contributed by atoms with Gasteiger partial charge in [-0.1, -0.05) is 12.1 Å². The fourth-order valence-corrected chi connectivity index (χ4v) is 0.800. The van der Waals surface area contributed by atoms with Crippen LogP contribution in [0.4, 0.5) is 0 Å². The van der Waals surface area contributed by atoms with Gasteiger partial charge in [0.25, 0.3) is 0 Å². The number of benzene rings is 1. The molecule has 0 saturated carbocycles. The SMILES string of the molecule is [CH2-]c1ccccc1/C=C/N.[Y]. The van der Waals surface area contributed by atoms with E-state index < -0.39 is 0 Å². The maximum atomic E-state index is 5.22. The van der Waals surface area contributed by atoms with Crippen LogP contribution in [0, 0.1) is 6.92 Å². The molecule has 1 radical (unpaired) electrons. The van der Waals surface area contributed by atoms with Gasteiger partial charge in [-0.2, -0.15) is 18.6 Å². The summed E-state index contributed by atoms with van der Waals surface area (Å²) in [5.74, 6) is 0. The van der Waals surface area contributed by atoms with Crippen LogP contribution >= 0.6 is 0 Å². The van der Waals surface area contributed by atoms with Crippen molar-refractivity contribution in [2.75, 3.05) is 0 Å². The molecule has 0 bridgehead atoms. The summed E-state index contributed by atoms with van der Waals surface area (Å²) in [7, 11) is 0. The fourth-order valence-electron chi connectivity index (χ4n) is 0.800. The van der Waals surface area contributed by atoms with E-state index in [0.29, 0.717) is 0 Å². The number of hydrogen-bond donors (Lipinski definition) is 1. The first-order chi connectivity index (χ1) is 4.84. The molecule has 0 aliphatic rings. The molecule has 0 aromatic heterocycles. The molecule has 0 aliphatic carbocycles. The third kappa shape index (κ3) is 3.09. The Morgan fingerprint density at radius 2 is 1.91 bits per heavy atom. The smallest absolute Gasteiger partial charge is 0 e. The van der Waals surface area contributed by atoms with Crippen LogP contribution in [-0.2, 0) is 32.7 Å². The van der Waals surface area contributed by atoms with Gasteiger partial charge in [0, 0.05) is 32.7 Å². The van der Waals surface area contributed by atoms with Gasteiger partial charge in [-0.15, -0.1) is 17.7 Å². The van der Waals surface area contributed by atoms with E-state index in [1.165, 1.54) is 6.20 Å². The summed E-state index contributed by atoms with van der Waals surface area (Å²) in [5.41, 5.74) is 7.30. The molecule has 11 heavy (non-hydrogen) atoms. The molecule has 1 aromatic rings. The summed E-state index contributed by atoms with van der Waals surface area (Å²) in [4.78, 5) is 0. The van der Waals surface area contributed by atoms with Crippen molar-refractivity contribution >= 4 is 6.08 Å². The molecule has 0 heterocycles. The van der Waals surface area contributed by atoms with Crippen molar-refractivity contribution < 1.29 is 32.7 Å². The van der Waals surface area contributed by atoms with Crippen LogP contribution in [0.1, 0.15) is 11.1 Å². The van der Waals surface area contributed by atoms with Gasteiger partial charge in [0.05, 0.1) is 0 Å². The minimum absolute atomic E-state index is 0. The van der Waals surface area contributed by atoms with E-state index in [-0.39, 0.29) is 32.7 Å². The van der Waals surface area contributed by atoms with Crippen molar-refractivity contribution in [1.29, 1.82) is 0 Å². The Morgan fingerprint density at radius 3 is 2.45 bits per heavy atom. The second-order valence-electron chi connectivity index (χ2n) is 2.06. The summed E-state index contributed by atoms with van der Waals surface area (Å²) in [6.07, 6.45) is 3.35. The molecule has 0 spiro atoms. The van der Waals surface area contributed by atoms with Gasteiger partial charge in [0.15, 0.2) is 0 Å². The van der Waals surface area contributed by atoms with Gasteiger partial charge < -0.3 is 5.73 Å². The molecule has 0 amide bonds. The topological polar surface area (TPSA) is 26.0 Å². The molecular formula is C9H10NY-. The molecule has 2 N–H and O–H groups in total. The Bertz CT molecular complexity index is 243. The van der Waals surface area contributed by atoms with Crippen LogP contribution in [0.2, 0.25) is 0 Å². The largest absolute Gasteiger partial charge is 0.405 e. The molecule has 0 atom stereocenters. The van der Waals surface area contributed by atoms with Crippen LogP contribution in [0.3, 0.4) is 0 Å². The Labute approximate surface area is 92.6 Å². The maximum Gasteiger partial charge on any atom is 0 e. The molecule has 0 unspecified atom stereocenters. The van der Waals surface area contributed by atoms with Crippen molar-refractivity contribution in [3.05, 3.63) is 48.5 Å². The Morgan fingerprint density at radius 1 is 1.27 bits per heavy atom. The van der Waals surface area contributed by atoms with E-state index in [9.17, 15) is 0 Å². The normalized spacial score (nSPS) is 9.45. The maximum absolute atomic E-state index is 5.22. The Kier molecular flexibility index (Phi) is 5.26. The summed E-state index contributed by atoms with van der Waals surface area (Å²) >= 11 is 0. The average molecular weight is 221 g/mol. The van der Waals surface area contributed by atoms with Gasteiger partial charge in [0.2, 0.25) is 0 Å². The predicted molar refractivity (Wildman–Crippen MR) is 44.1 cm³/mol. The van der Waals surface area contributed by atoms with Crippen molar-refractivity contribution in [2.24, 2.45) is 5.73 Å². The molecular weight excluding hydrogens is 211 g/mol. The minimum atomic E-state index is 0. The molecule has 0 aliphatic heterocycles. The van der Waals surface area contributed by atoms with Gasteiger partial charge in [-0.05, 0) is 6.20 Å². The van der Waals surface area contributed by atoms with E-state index >= 15 is 0 Å². The van der Waals surface area contributed by atoms with Crippen molar-refractivity contribution in [3.63, 3.8) is 0 Å². The van der Waals surface area contributed by atoms with E-state index in [1.54, 1.807) is 0 Å². The van der Waals surface area contributed by atoms with Crippen molar-refractivity contribution in [2.45, 2.75) is 0 Å². The van der Waals surface area contributed by atoms with Crippen LogP contribution in [0.25, 0.3) is 6.08 Å². The molecule has 1 aromatic carbocycles. The van der Waals surface area contributed by atoms with E-state index in [0.717, 1.165) is 11.1 Å². The Balaban J connectivity index is 0.000001000. The zero-order chi connectivity index (χ0) is 7.40. The first-order valence-electron chi connectivity index (χ1n) is 3.14. The summed E-state index contributed by atoms with van der Waals surface area (Å²) in [6.45, 7) is 3.83. The van der Waals surface area contributed by atoms with E-state index in [4.69, 9.17) is 5.73 Å². The molecule has 1 rings (SSSR count). The summed E-state index contributed by atoms with van der Waals surface area (Å²) in [6, 6.07) is 7.85. The first-order valence-corrected chi connectivity index (χ1v) is 3.14. The zero-order valence-electron chi connectivity index (χ0n) is 6.33. The molecule has 0 fully saturated rings. The molecule has 0 saturated heterocycles. The third-order valence-electron chi connectivity index (χ3n) is 1.33. The fraction of sp³-hybridized carbons (Fsp3) is 0. The quantitative estimate of drug-likeness (QED) is 0.719. The monoisotopic (exact) mass is 221 g/mol. The van der Waals surface area contributed by atoms with Gasteiger partial charge in [-0.3, -0.25) is 0 Å². The Hall–Kier alpha value is -0.266. The van der Waals surface area contributed by atoms with Crippen molar-refractivity contribution in [1.82, 2.24) is 0 Å². The summed E-state index contributed by atoms with van der Waals surface area (Å²) < 4.78 is 0.